The Hall–Kier alpha value is -1.61. The first kappa shape index (κ1) is 22.1. The molecule has 1 aromatic rings. The summed E-state index contributed by atoms with van der Waals surface area (Å²) in [6, 6.07) is 11.0. The van der Waals surface area contributed by atoms with E-state index in [-0.39, 0.29) is 5.91 Å². The van der Waals surface area contributed by atoms with Gasteiger partial charge in [-0.1, -0.05) is 93.1 Å². The first-order valence-corrected chi connectivity index (χ1v) is 14.0. The average Bonchev–Trinajstić information content (AvgIpc) is 2.98. The fourth-order valence-electron chi connectivity index (χ4n) is 6.25. The van der Waals surface area contributed by atoms with Crippen LogP contribution in [0.25, 0.3) is 0 Å². The summed E-state index contributed by atoms with van der Waals surface area (Å²) in [4.78, 5) is 13.5. The lowest BCUT2D eigenvalue weighted by atomic mass is 9.66. The standard InChI is InChI=1S/C26H39NOSi/c1-18-19(2)21(4)24(20(18)3)26(25(27)28)17-13-8-6-7-12-16-23(26)29(5)22-14-10-9-11-15-22/h9-11,14-15,20,23,29H,6-8,12-13,16-17H2,1-5H3,(H2,27,28). The van der Waals surface area contributed by atoms with Gasteiger partial charge in [0.25, 0.3) is 0 Å². The summed E-state index contributed by atoms with van der Waals surface area (Å²) >= 11 is 0. The van der Waals surface area contributed by atoms with Gasteiger partial charge in [0.05, 0.1) is 14.2 Å². The molecule has 3 heteroatoms. The smallest absolute Gasteiger partial charge is 0.227 e. The van der Waals surface area contributed by atoms with E-state index in [4.69, 9.17) is 5.73 Å². The van der Waals surface area contributed by atoms with Crippen LogP contribution < -0.4 is 10.9 Å². The van der Waals surface area contributed by atoms with E-state index in [0.29, 0.717) is 11.5 Å². The van der Waals surface area contributed by atoms with E-state index < -0.39 is 14.2 Å². The van der Waals surface area contributed by atoms with Crippen molar-refractivity contribution in [3.63, 3.8) is 0 Å². The molecule has 0 aliphatic heterocycles. The number of primary amides is 1. The maximum absolute atomic E-state index is 13.5. The van der Waals surface area contributed by atoms with Crippen molar-refractivity contribution >= 4 is 19.9 Å². The van der Waals surface area contributed by atoms with Crippen LogP contribution in [0.15, 0.2) is 52.6 Å². The Kier molecular flexibility index (Phi) is 6.88. The van der Waals surface area contributed by atoms with E-state index in [2.05, 4.69) is 64.6 Å². The predicted octanol–water partition coefficient (Wildman–Crippen LogP) is 5.64. The lowest BCUT2D eigenvalue weighted by Crippen LogP contribution is -2.50. The van der Waals surface area contributed by atoms with Crippen LogP contribution in [-0.4, -0.2) is 14.7 Å². The van der Waals surface area contributed by atoms with E-state index >= 15 is 0 Å². The Morgan fingerprint density at radius 2 is 1.62 bits per heavy atom. The molecular formula is C26H39NOSi. The van der Waals surface area contributed by atoms with Crippen LogP contribution in [0.4, 0.5) is 0 Å². The SMILES string of the molecule is CC1=C(C)C(C)C(C2(C(N)=O)CCCCCCCC2[SiH](C)c2ccccc2)=C1C. The Balaban J connectivity index is 2.19. The highest BCUT2D eigenvalue weighted by atomic mass is 28.3. The normalized spacial score (nSPS) is 30.0. The number of benzene rings is 1. The fraction of sp³-hybridized carbons (Fsp3) is 0.577. The predicted molar refractivity (Wildman–Crippen MR) is 127 cm³/mol. The summed E-state index contributed by atoms with van der Waals surface area (Å²) in [5, 5.41) is 1.47. The van der Waals surface area contributed by atoms with Gasteiger partial charge in [0, 0.05) is 0 Å². The van der Waals surface area contributed by atoms with E-state index in [9.17, 15) is 4.79 Å². The number of nitrogens with two attached hydrogens (primary N) is 1. The zero-order valence-corrected chi connectivity index (χ0v) is 20.2. The molecular weight excluding hydrogens is 370 g/mol. The summed E-state index contributed by atoms with van der Waals surface area (Å²) in [5.41, 5.74) is 11.8. The first-order valence-electron chi connectivity index (χ1n) is 11.6. The number of carbonyl (C=O) groups excluding carboxylic acids is 1. The van der Waals surface area contributed by atoms with Crippen molar-refractivity contribution in [1.29, 1.82) is 0 Å². The zero-order chi connectivity index (χ0) is 21.2. The average molecular weight is 410 g/mol. The molecule has 1 fully saturated rings. The van der Waals surface area contributed by atoms with Gasteiger partial charge >= 0.3 is 0 Å². The van der Waals surface area contributed by atoms with Crippen molar-refractivity contribution in [2.45, 2.75) is 84.7 Å². The third kappa shape index (κ3) is 3.91. The molecule has 29 heavy (non-hydrogen) atoms. The van der Waals surface area contributed by atoms with Crippen molar-refractivity contribution < 1.29 is 4.79 Å². The van der Waals surface area contributed by atoms with Crippen molar-refractivity contribution in [1.82, 2.24) is 0 Å². The highest BCUT2D eigenvalue weighted by Crippen LogP contribution is 2.56. The van der Waals surface area contributed by atoms with E-state index in [1.165, 1.54) is 53.2 Å². The molecule has 2 N–H and O–H groups in total. The molecule has 0 radical (unpaired) electrons. The van der Waals surface area contributed by atoms with Gasteiger partial charge in [-0.15, -0.1) is 0 Å². The molecule has 1 amide bonds. The van der Waals surface area contributed by atoms with Gasteiger partial charge in [0.15, 0.2) is 0 Å². The molecule has 1 saturated carbocycles. The van der Waals surface area contributed by atoms with Crippen LogP contribution in [0.1, 0.15) is 72.6 Å². The number of carbonyl (C=O) groups is 1. The van der Waals surface area contributed by atoms with Gasteiger partial charge < -0.3 is 5.73 Å². The molecule has 4 unspecified atom stereocenters. The second-order valence-corrected chi connectivity index (χ2v) is 12.6. The number of hydrogen-bond acceptors (Lipinski definition) is 1. The highest BCUT2D eigenvalue weighted by molar-refractivity contribution is 6.73. The van der Waals surface area contributed by atoms with Crippen molar-refractivity contribution in [2.24, 2.45) is 17.1 Å². The number of allylic oxidation sites excluding steroid dienone is 3. The molecule has 2 aliphatic rings. The maximum atomic E-state index is 13.5. The minimum absolute atomic E-state index is 0.0663. The summed E-state index contributed by atoms with van der Waals surface area (Å²) in [6.45, 7) is 11.5. The fourth-order valence-corrected chi connectivity index (χ4v) is 9.65. The molecule has 0 aromatic heterocycles. The van der Waals surface area contributed by atoms with E-state index in [1.54, 1.807) is 0 Å². The Morgan fingerprint density at radius 1 is 1.00 bits per heavy atom. The lowest BCUT2D eigenvalue weighted by Gasteiger charge is -2.45. The minimum Gasteiger partial charge on any atom is -0.369 e. The third-order valence-electron chi connectivity index (χ3n) is 8.21. The molecule has 158 valence electrons. The molecule has 0 bridgehead atoms. The highest BCUT2D eigenvalue weighted by Gasteiger charge is 2.52. The molecule has 2 nitrogen and oxygen atoms in total. The summed E-state index contributed by atoms with van der Waals surface area (Å²) in [5.74, 6) is 0.256. The number of rotatable bonds is 4. The second kappa shape index (κ2) is 9.03. The minimum atomic E-state index is -1.40. The Labute approximate surface area is 179 Å². The molecule has 2 aliphatic carbocycles. The summed E-state index contributed by atoms with van der Waals surface area (Å²) in [6.07, 6.45) is 8.17. The van der Waals surface area contributed by atoms with Crippen LogP contribution in [0.5, 0.6) is 0 Å². The van der Waals surface area contributed by atoms with Crippen LogP contribution in [0, 0.1) is 11.3 Å². The second-order valence-electron chi connectivity index (χ2n) is 9.52. The Morgan fingerprint density at radius 3 is 2.21 bits per heavy atom. The van der Waals surface area contributed by atoms with Gasteiger partial charge in [-0.05, 0) is 55.4 Å². The van der Waals surface area contributed by atoms with Gasteiger partial charge in [-0.25, -0.2) is 0 Å². The largest absolute Gasteiger partial charge is 0.369 e. The van der Waals surface area contributed by atoms with Gasteiger partial charge in [0.1, 0.15) is 0 Å². The van der Waals surface area contributed by atoms with Gasteiger partial charge in [0.2, 0.25) is 5.91 Å². The Bertz CT molecular complexity index is 809. The van der Waals surface area contributed by atoms with Gasteiger partial charge in [-0.3, -0.25) is 4.79 Å². The maximum Gasteiger partial charge on any atom is 0.227 e. The molecule has 0 spiro atoms. The molecule has 0 saturated heterocycles. The molecule has 0 heterocycles. The van der Waals surface area contributed by atoms with Crippen molar-refractivity contribution in [2.75, 3.05) is 0 Å². The summed E-state index contributed by atoms with van der Waals surface area (Å²) in [7, 11) is -1.40. The van der Waals surface area contributed by atoms with E-state index in [1.807, 2.05) is 0 Å². The van der Waals surface area contributed by atoms with Crippen LogP contribution in [-0.2, 0) is 4.79 Å². The lowest BCUT2D eigenvalue weighted by molar-refractivity contribution is -0.126. The van der Waals surface area contributed by atoms with Crippen LogP contribution in [0.3, 0.4) is 0 Å². The third-order valence-corrected chi connectivity index (χ3v) is 11.8. The molecule has 4 atom stereocenters. The monoisotopic (exact) mass is 409 g/mol. The molecule has 1 aromatic carbocycles. The summed E-state index contributed by atoms with van der Waals surface area (Å²) < 4.78 is 0. The van der Waals surface area contributed by atoms with Crippen LogP contribution >= 0.6 is 0 Å². The van der Waals surface area contributed by atoms with Crippen molar-refractivity contribution in [3.05, 3.63) is 52.6 Å². The molecule has 3 rings (SSSR count). The van der Waals surface area contributed by atoms with Crippen molar-refractivity contribution in [3.8, 4) is 0 Å². The van der Waals surface area contributed by atoms with Crippen LogP contribution in [0.2, 0.25) is 12.1 Å². The van der Waals surface area contributed by atoms with E-state index in [0.717, 1.165) is 19.3 Å². The first-order chi connectivity index (χ1) is 13.8. The zero-order valence-electron chi connectivity index (χ0n) is 19.1. The number of amides is 1. The van der Waals surface area contributed by atoms with Gasteiger partial charge in [-0.2, -0.15) is 0 Å². The quantitative estimate of drug-likeness (QED) is 0.643. The number of hydrogen-bond donors (Lipinski definition) is 1. The topological polar surface area (TPSA) is 43.1 Å².